The molecule has 1 heterocycles. The Morgan fingerprint density at radius 3 is 3.19 bits per heavy atom. The van der Waals surface area contributed by atoms with Crippen molar-refractivity contribution in [3.05, 3.63) is 18.2 Å². The van der Waals surface area contributed by atoms with Crippen LogP contribution in [0, 0.1) is 0 Å². The predicted molar refractivity (Wildman–Crippen MR) is 69.0 cm³/mol. The number of nitrogens with two attached hydrogens (primary N) is 1. The van der Waals surface area contributed by atoms with Gasteiger partial charge in [0.2, 0.25) is 0 Å². The SMILES string of the molecule is CCOCCNc1nc2ccc(N)cc2s1. The van der Waals surface area contributed by atoms with E-state index < -0.39 is 0 Å². The number of fused-ring (bicyclic) bond motifs is 1. The number of anilines is 2. The summed E-state index contributed by atoms with van der Waals surface area (Å²) in [7, 11) is 0. The van der Waals surface area contributed by atoms with Gasteiger partial charge in [0, 0.05) is 18.8 Å². The molecule has 0 aliphatic rings. The second-order valence-corrected chi connectivity index (χ2v) is 4.40. The smallest absolute Gasteiger partial charge is 0.183 e. The summed E-state index contributed by atoms with van der Waals surface area (Å²) in [5.74, 6) is 0. The van der Waals surface area contributed by atoms with E-state index in [9.17, 15) is 0 Å². The van der Waals surface area contributed by atoms with Crippen molar-refractivity contribution in [1.82, 2.24) is 4.98 Å². The third-order valence-electron chi connectivity index (χ3n) is 2.14. The summed E-state index contributed by atoms with van der Waals surface area (Å²) in [6, 6.07) is 5.75. The molecule has 16 heavy (non-hydrogen) atoms. The Kier molecular flexibility index (Phi) is 3.58. The molecule has 0 aliphatic heterocycles. The van der Waals surface area contributed by atoms with Crippen LogP contribution in [-0.4, -0.2) is 24.7 Å². The molecule has 0 saturated carbocycles. The van der Waals surface area contributed by atoms with Gasteiger partial charge in [-0.2, -0.15) is 0 Å². The maximum atomic E-state index is 5.71. The van der Waals surface area contributed by atoms with Gasteiger partial charge in [-0.05, 0) is 25.1 Å². The average Bonchev–Trinajstić information content (AvgIpc) is 2.66. The van der Waals surface area contributed by atoms with E-state index in [1.54, 1.807) is 11.3 Å². The fraction of sp³-hybridized carbons (Fsp3) is 0.364. The van der Waals surface area contributed by atoms with Crippen LogP contribution in [0.25, 0.3) is 10.2 Å². The summed E-state index contributed by atoms with van der Waals surface area (Å²) < 4.78 is 6.35. The molecule has 0 aliphatic carbocycles. The van der Waals surface area contributed by atoms with Gasteiger partial charge < -0.3 is 15.8 Å². The molecule has 2 rings (SSSR count). The lowest BCUT2D eigenvalue weighted by atomic mass is 10.3. The van der Waals surface area contributed by atoms with E-state index in [0.29, 0.717) is 6.61 Å². The number of thiazole rings is 1. The van der Waals surface area contributed by atoms with Gasteiger partial charge in [0.15, 0.2) is 5.13 Å². The Labute approximate surface area is 98.4 Å². The van der Waals surface area contributed by atoms with Crippen molar-refractivity contribution in [3.63, 3.8) is 0 Å². The van der Waals surface area contributed by atoms with E-state index >= 15 is 0 Å². The van der Waals surface area contributed by atoms with Gasteiger partial charge >= 0.3 is 0 Å². The van der Waals surface area contributed by atoms with Crippen molar-refractivity contribution in [2.24, 2.45) is 0 Å². The van der Waals surface area contributed by atoms with Crippen LogP contribution in [-0.2, 0) is 4.74 Å². The van der Waals surface area contributed by atoms with E-state index in [4.69, 9.17) is 10.5 Å². The maximum Gasteiger partial charge on any atom is 0.183 e. The van der Waals surface area contributed by atoms with Crippen molar-refractivity contribution in [3.8, 4) is 0 Å². The van der Waals surface area contributed by atoms with E-state index in [1.807, 2.05) is 25.1 Å². The van der Waals surface area contributed by atoms with Gasteiger partial charge in [0.1, 0.15) is 0 Å². The number of nitrogens with one attached hydrogen (secondary N) is 1. The number of nitrogens with zero attached hydrogens (tertiary/aromatic N) is 1. The van der Waals surface area contributed by atoms with Crippen molar-refractivity contribution >= 4 is 32.4 Å². The van der Waals surface area contributed by atoms with Crippen LogP contribution in [0.4, 0.5) is 10.8 Å². The Balaban J connectivity index is 2.02. The molecule has 0 amide bonds. The standard InChI is InChI=1S/C11H15N3OS/c1-2-15-6-5-13-11-14-9-4-3-8(12)7-10(9)16-11/h3-4,7H,2,5-6,12H2,1H3,(H,13,14). The quantitative estimate of drug-likeness (QED) is 0.619. The van der Waals surface area contributed by atoms with Crippen LogP contribution in [0.15, 0.2) is 18.2 Å². The number of hydrogen-bond acceptors (Lipinski definition) is 5. The normalized spacial score (nSPS) is 10.8. The number of nitrogen functional groups attached to an aromatic ring is 1. The molecule has 3 N–H and O–H groups in total. The molecule has 0 unspecified atom stereocenters. The number of hydrogen-bond donors (Lipinski definition) is 2. The van der Waals surface area contributed by atoms with Gasteiger partial charge in [0.05, 0.1) is 16.8 Å². The van der Waals surface area contributed by atoms with Crippen molar-refractivity contribution in [2.75, 3.05) is 30.8 Å². The van der Waals surface area contributed by atoms with E-state index in [1.165, 1.54) is 0 Å². The molecule has 0 bridgehead atoms. The maximum absolute atomic E-state index is 5.71. The zero-order chi connectivity index (χ0) is 11.4. The first-order valence-corrected chi connectivity index (χ1v) is 6.09. The molecule has 2 aromatic rings. The highest BCUT2D eigenvalue weighted by atomic mass is 32.1. The molecule has 0 radical (unpaired) electrons. The summed E-state index contributed by atoms with van der Waals surface area (Å²) >= 11 is 1.61. The second kappa shape index (κ2) is 5.14. The Hall–Kier alpha value is -1.33. The lowest BCUT2D eigenvalue weighted by molar-refractivity contribution is 0.158. The second-order valence-electron chi connectivity index (χ2n) is 3.37. The minimum atomic E-state index is 0.703. The third-order valence-corrected chi connectivity index (χ3v) is 3.12. The Morgan fingerprint density at radius 2 is 2.38 bits per heavy atom. The number of ether oxygens (including phenoxy) is 1. The minimum Gasteiger partial charge on any atom is -0.399 e. The largest absolute Gasteiger partial charge is 0.399 e. The van der Waals surface area contributed by atoms with Gasteiger partial charge in [-0.25, -0.2) is 4.98 Å². The molecule has 0 saturated heterocycles. The highest BCUT2D eigenvalue weighted by molar-refractivity contribution is 7.22. The molecule has 0 spiro atoms. The molecule has 0 fully saturated rings. The van der Waals surface area contributed by atoms with Crippen LogP contribution >= 0.6 is 11.3 Å². The van der Waals surface area contributed by atoms with Crippen LogP contribution in [0.1, 0.15) is 6.92 Å². The molecular formula is C11H15N3OS. The Bertz CT molecular complexity index is 469. The minimum absolute atomic E-state index is 0.703. The van der Waals surface area contributed by atoms with Crippen LogP contribution in [0.3, 0.4) is 0 Å². The molecule has 1 aromatic carbocycles. The summed E-state index contributed by atoms with van der Waals surface area (Å²) in [5, 5.41) is 4.15. The monoisotopic (exact) mass is 237 g/mol. The van der Waals surface area contributed by atoms with Gasteiger partial charge in [-0.3, -0.25) is 0 Å². The molecule has 4 nitrogen and oxygen atoms in total. The topological polar surface area (TPSA) is 60.2 Å². The molecule has 5 heteroatoms. The fourth-order valence-corrected chi connectivity index (χ4v) is 2.33. The van der Waals surface area contributed by atoms with Crippen molar-refractivity contribution in [1.29, 1.82) is 0 Å². The summed E-state index contributed by atoms with van der Waals surface area (Å²) in [6.07, 6.45) is 0. The summed E-state index contributed by atoms with van der Waals surface area (Å²) in [4.78, 5) is 4.45. The van der Waals surface area contributed by atoms with E-state index in [0.717, 1.165) is 34.2 Å². The van der Waals surface area contributed by atoms with Gasteiger partial charge in [-0.15, -0.1) is 0 Å². The summed E-state index contributed by atoms with van der Waals surface area (Å²) in [6.45, 7) is 4.22. The van der Waals surface area contributed by atoms with Gasteiger partial charge in [-0.1, -0.05) is 11.3 Å². The van der Waals surface area contributed by atoms with E-state index in [-0.39, 0.29) is 0 Å². The lowest BCUT2D eigenvalue weighted by Crippen LogP contribution is -2.08. The number of benzene rings is 1. The predicted octanol–water partition coefficient (Wildman–Crippen LogP) is 2.33. The van der Waals surface area contributed by atoms with Crippen LogP contribution in [0.2, 0.25) is 0 Å². The Morgan fingerprint density at radius 1 is 1.50 bits per heavy atom. The molecular weight excluding hydrogens is 222 g/mol. The zero-order valence-electron chi connectivity index (χ0n) is 9.19. The number of aromatic nitrogens is 1. The third kappa shape index (κ3) is 2.62. The first kappa shape index (κ1) is 11.2. The highest BCUT2D eigenvalue weighted by Crippen LogP contribution is 2.27. The fourth-order valence-electron chi connectivity index (χ4n) is 1.39. The molecule has 1 aromatic heterocycles. The first-order chi connectivity index (χ1) is 7.79. The van der Waals surface area contributed by atoms with E-state index in [2.05, 4.69) is 10.3 Å². The molecule has 86 valence electrons. The lowest BCUT2D eigenvalue weighted by Gasteiger charge is -2.01. The molecule has 0 atom stereocenters. The highest BCUT2D eigenvalue weighted by Gasteiger charge is 2.02. The first-order valence-electron chi connectivity index (χ1n) is 5.27. The zero-order valence-corrected chi connectivity index (χ0v) is 10.0. The van der Waals surface area contributed by atoms with Crippen molar-refractivity contribution in [2.45, 2.75) is 6.92 Å². The van der Waals surface area contributed by atoms with Gasteiger partial charge in [0.25, 0.3) is 0 Å². The van der Waals surface area contributed by atoms with Crippen molar-refractivity contribution < 1.29 is 4.74 Å². The summed E-state index contributed by atoms with van der Waals surface area (Å²) in [5.41, 5.74) is 7.47. The average molecular weight is 237 g/mol. The van der Waals surface area contributed by atoms with Crippen LogP contribution in [0.5, 0.6) is 0 Å². The number of rotatable bonds is 5. The van der Waals surface area contributed by atoms with Crippen LogP contribution < -0.4 is 11.1 Å².